The molecule has 0 spiro atoms. The fraction of sp³-hybridized carbons (Fsp3) is 0.240. The number of nitrogens with zero attached hydrogens (tertiary/aromatic N) is 4. The summed E-state index contributed by atoms with van der Waals surface area (Å²) < 4.78 is 8.65. The molecule has 2 heterocycles. The first-order valence-electron chi connectivity index (χ1n) is 10.6. The molecular formula is C25H26N4O2S. The van der Waals surface area contributed by atoms with E-state index in [4.69, 9.17) is 9.72 Å². The Kier molecular flexibility index (Phi) is 6.66. The second-order valence-electron chi connectivity index (χ2n) is 7.42. The average Bonchev–Trinajstić information content (AvgIpc) is 3.36. The van der Waals surface area contributed by atoms with Crippen LogP contribution in [0.1, 0.15) is 23.9 Å². The van der Waals surface area contributed by atoms with Gasteiger partial charge in [0.2, 0.25) is 0 Å². The molecule has 164 valence electrons. The van der Waals surface area contributed by atoms with Gasteiger partial charge in [-0.2, -0.15) is 5.10 Å². The number of carbonyl (C=O) groups is 1. The molecule has 0 aliphatic rings. The van der Waals surface area contributed by atoms with Crippen molar-refractivity contribution in [3.05, 3.63) is 77.6 Å². The molecule has 0 aliphatic carbocycles. The molecule has 0 fully saturated rings. The Morgan fingerprint density at radius 2 is 1.97 bits per heavy atom. The number of hydrogen-bond donors (Lipinski definition) is 0. The highest BCUT2D eigenvalue weighted by molar-refractivity contribution is 7.22. The van der Waals surface area contributed by atoms with Crippen LogP contribution >= 0.6 is 11.3 Å². The number of ether oxygens (including phenoxy) is 1. The zero-order valence-corrected chi connectivity index (χ0v) is 19.3. The number of para-hydroxylation sites is 1. The van der Waals surface area contributed by atoms with Gasteiger partial charge in [0.25, 0.3) is 5.91 Å². The van der Waals surface area contributed by atoms with Crippen LogP contribution in [-0.4, -0.2) is 33.8 Å². The summed E-state index contributed by atoms with van der Waals surface area (Å²) >= 11 is 1.49. The first-order chi connectivity index (χ1) is 15.5. The predicted octanol–water partition coefficient (Wildman–Crippen LogP) is 5.25. The van der Waals surface area contributed by atoms with Gasteiger partial charge in [-0.15, -0.1) is 0 Å². The monoisotopic (exact) mass is 446 g/mol. The van der Waals surface area contributed by atoms with Gasteiger partial charge in [-0.25, -0.2) is 4.98 Å². The predicted molar refractivity (Wildman–Crippen MR) is 130 cm³/mol. The third kappa shape index (κ3) is 4.89. The van der Waals surface area contributed by atoms with E-state index in [9.17, 15) is 4.79 Å². The van der Waals surface area contributed by atoms with E-state index in [-0.39, 0.29) is 5.91 Å². The summed E-state index contributed by atoms with van der Waals surface area (Å²) in [5.41, 5.74) is 3.79. The standard InChI is InChI=1S/C25H26N4O2S/c1-4-31-21-11-8-12-22-24(21)26-25(32-22)28(15-16-29-19(3)17-18(2)27-29)23(30)14-13-20-9-6-5-7-10-20/h5-14,17H,4,15-16H2,1-3H3. The number of carbonyl (C=O) groups excluding carboxylic acids is 1. The normalized spacial score (nSPS) is 11.3. The van der Waals surface area contributed by atoms with Crippen molar-refractivity contribution in [3.8, 4) is 5.75 Å². The van der Waals surface area contributed by atoms with Gasteiger partial charge in [-0.1, -0.05) is 47.7 Å². The molecule has 0 aliphatic heterocycles. The maximum atomic E-state index is 13.3. The minimum Gasteiger partial charge on any atom is -0.492 e. The molecule has 0 radical (unpaired) electrons. The highest BCUT2D eigenvalue weighted by Crippen LogP contribution is 2.34. The molecule has 0 atom stereocenters. The molecule has 4 rings (SSSR count). The summed E-state index contributed by atoms with van der Waals surface area (Å²) in [6.45, 7) is 7.55. The Balaban J connectivity index is 1.65. The number of thiazole rings is 1. The fourth-order valence-corrected chi connectivity index (χ4v) is 4.53. The molecule has 0 saturated carbocycles. The van der Waals surface area contributed by atoms with Crippen LogP contribution in [0, 0.1) is 13.8 Å². The summed E-state index contributed by atoms with van der Waals surface area (Å²) in [6.07, 6.45) is 3.43. The molecule has 4 aromatic rings. The van der Waals surface area contributed by atoms with Gasteiger partial charge in [0, 0.05) is 18.3 Å². The largest absolute Gasteiger partial charge is 0.492 e. The summed E-state index contributed by atoms with van der Waals surface area (Å²) in [4.78, 5) is 19.8. The molecular weight excluding hydrogens is 420 g/mol. The van der Waals surface area contributed by atoms with Crippen molar-refractivity contribution in [3.63, 3.8) is 0 Å². The van der Waals surface area contributed by atoms with Crippen molar-refractivity contribution >= 4 is 38.7 Å². The minimum absolute atomic E-state index is 0.118. The van der Waals surface area contributed by atoms with E-state index < -0.39 is 0 Å². The SMILES string of the molecule is CCOc1cccc2sc(N(CCn3nc(C)cc3C)C(=O)C=Cc3ccccc3)nc12. The van der Waals surface area contributed by atoms with E-state index in [1.54, 1.807) is 11.0 Å². The Morgan fingerprint density at radius 3 is 2.69 bits per heavy atom. The van der Waals surface area contributed by atoms with E-state index in [1.807, 2.05) is 86.1 Å². The molecule has 7 heteroatoms. The van der Waals surface area contributed by atoms with E-state index in [1.165, 1.54) is 11.3 Å². The van der Waals surface area contributed by atoms with E-state index in [2.05, 4.69) is 5.10 Å². The van der Waals surface area contributed by atoms with E-state index in [0.717, 1.165) is 32.9 Å². The third-order valence-corrected chi connectivity index (χ3v) is 6.07. The van der Waals surface area contributed by atoms with Gasteiger partial charge in [0.05, 0.1) is 23.5 Å². The summed E-state index contributed by atoms with van der Waals surface area (Å²) in [7, 11) is 0. The summed E-state index contributed by atoms with van der Waals surface area (Å²) in [6, 6.07) is 17.7. The topological polar surface area (TPSA) is 60.2 Å². The third-order valence-electron chi connectivity index (χ3n) is 5.02. The lowest BCUT2D eigenvalue weighted by Crippen LogP contribution is -2.33. The molecule has 0 saturated heterocycles. The van der Waals surface area contributed by atoms with Crippen LogP contribution in [-0.2, 0) is 11.3 Å². The molecule has 1 amide bonds. The number of anilines is 1. The molecule has 0 bridgehead atoms. The van der Waals surface area contributed by atoms with Gasteiger partial charge in [0.15, 0.2) is 5.13 Å². The van der Waals surface area contributed by atoms with Crippen molar-refractivity contribution < 1.29 is 9.53 Å². The Bertz CT molecular complexity index is 1240. The van der Waals surface area contributed by atoms with Gasteiger partial charge in [-0.05, 0) is 50.6 Å². The number of aryl methyl sites for hydroxylation is 2. The van der Waals surface area contributed by atoms with Crippen molar-refractivity contribution in [1.82, 2.24) is 14.8 Å². The molecule has 2 aromatic heterocycles. The highest BCUT2D eigenvalue weighted by Gasteiger charge is 2.20. The van der Waals surface area contributed by atoms with Gasteiger partial charge in [-0.3, -0.25) is 14.4 Å². The quantitative estimate of drug-likeness (QED) is 0.347. The van der Waals surface area contributed by atoms with Gasteiger partial charge >= 0.3 is 0 Å². The Morgan fingerprint density at radius 1 is 1.16 bits per heavy atom. The zero-order valence-electron chi connectivity index (χ0n) is 18.5. The zero-order chi connectivity index (χ0) is 22.5. The van der Waals surface area contributed by atoms with Gasteiger partial charge in [0.1, 0.15) is 11.3 Å². The second kappa shape index (κ2) is 9.78. The number of rotatable bonds is 8. The van der Waals surface area contributed by atoms with E-state index >= 15 is 0 Å². The first kappa shape index (κ1) is 21.8. The van der Waals surface area contributed by atoms with E-state index in [0.29, 0.717) is 24.8 Å². The van der Waals surface area contributed by atoms with Crippen molar-refractivity contribution in [1.29, 1.82) is 0 Å². The lowest BCUT2D eigenvalue weighted by atomic mass is 10.2. The highest BCUT2D eigenvalue weighted by atomic mass is 32.1. The van der Waals surface area contributed by atoms with Crippen LogP contribution in [0.25, 0.3) is 16.3 Å². The van der Waals surface area contributed by atoms with Crippen molar-refractivity contribution in [2.75, 3.05) is 18.1 Å². The smallest absolute Gasteiger partial charge is 0.252 e. The van der Waals surface area contributed by atoms with Crippen LogP contribution in [0.5, 0.6) is 5.75 Å². The maximum Gasteiger partial charge on any atom is 0.252 e. The lowest BCUT2D eigenvalue weighted by Gasteiger charge is -2.18. The number of hydrogen-bond acceptors (Lipinski definition) is 5. The number of benzene rings is 2. The van der Waals surface area contributed by atoms with Crippen molar-refractivity contribution in [2.24, 2.45) is 0 Å². The first-order valence-corrected chi connectivity index (χ1v) is 11.4. The number of amides is 1. The molecule has 0 N–H and O–H groups in total. The summed E-state index contributed by atoms with van der Waals surface area (Å²) in [5, 5.41) is 5.18. The van der Waals surface area contributed by atoms with Crippen LogP contribution in [0.15, 0.2) is 60.7 Å². The summed E-state index contributed by atoms with van der Waals surface area (Å²) in [5.74, 6) is 0.616. The minimum atomic E-state index is -0.118. The number of aromatic nitrogens is 3. The lowest BCUT2D eigenvalue weighted by molar-refractivity contribution is -0.114. The molecule has 6 nitrogen and oxygen atoms in total. The van der Waals surface area contributed by atoms with Crippen molar-refractivity contribution in [2.45, 2.75) is 27.3 Å². The number of fused-ring (bicyclic) bond motifs is 1. The van der Waals surface area contributed by atoms with Crippen LogP contribution in [0.2, 0.25) is 0 Å². The molecule has 32 heavy (non-hydrogen) atoms. The Labute approximate surface area is 191 Å². The Hall–Kier alpha value is -3.45. The van der Waals surface area contributed by atoms with Crippen LogP contribution in [0.4, 0.5) is 5.13 Å². The van der Waals surface area contributed by atoms with Crippen LogP contribution < -0.4 is 9.64 Å². The molecule has 2 aromatic carbocycles. The maximum absolute atomic E-state index is 13.3. The second-order valence-corrected chi connectivity index (χ2v) is 8.43. The van der Waals surface area contributed by atoms with Crippen LogP contribution in [0.3, 0.4) is 0 Å². The van der Waals surface area contributed by atoms with Gasteiger partial charge < -0.3 is 4.74 Å². The molecule has 0 unspecified atom stereocenters. The fourth-order valence-electron chi connectivity index (χ4n) is 3.52. The average molecular weight is 447 g/mol.